The molecule has 0 amide bonds. The molecule has 0 aromatic carbocycles. The van der Waals surface area contributed by atoms with Gasteiger partial charge in [0.2, 0.25) is 0 Å². The molecule has 0 spiro atoms. The Balaban J connectivity index is -0.000000304. The number of ketones is 4. The Bertz CT molecular complexity index is 368. The summed E-state index contributed by atoms with van der Waals surface area (Å²) in [5.41, 5.74) is 0. The van der Waals surface area contributed by atoms with Gasteiger partial charge in [-0.25, -0.2) is 0 Å². The molecule has 9 heteroatoms. The fraction of sp³-hybridized carbons (Fsp3) is 0.750. The Hall–Kier alpha value is -0.766. The molecule has 0 bridgehead atoms. The predicted molar refractivity (Wildman–Crippen MR) is 88.8 cm³/mol. The van der Waals surface area contributed by atoms with E-state index in [1.807, 2.05) is 0 Å². The molecule has 0 saturated carbocycles. The van der Waals surface area contributed by atoms with Crippen molar-refractivity contribution in [1.82, 2.24) is 0 Å². The molecule has 8 nitrogen and oxygen atoms in total. The average molecular weight is 400 g/mol. The van der Waals surface area contributed by atoms with Crippen LogP contribution < -0.4 is 0 Å². The summed E-state index contributed by atoms with van der Waals surface area (Å²) in [6, 6.07) is 0. The van der Waals surface area contributed by atoms with Crippen LogP contribution in [0.3, 0.4) is 0 Å². The molecule has 0 fully saturated rings. The van der Waals surface area contributed by atoms with Gasteiger partial charge in [-0.3, -0.25) is 19.2 Å². The minimum atomic E-state index is -4.31. The van der Waals surface area contributed by atoms with Gasteiger partial charge in [0.1, 0.15) is 23.1 Å². The van der Waals surface area contributed by atoms with Crippen LogP contribution in [0.1, 0.15) is 68.2 Å². The van der Waals surface area contributed by atoms with Crippen LogP contribution in [-0.4, -0.2) is 42.7 Å². The molecule has 0 atom stereocenters. The van der Waals surface area contributed by atoms with Gasteiger partial charge < -0.3 is 0 Å². The van der Waals surface area contributed by atoms with E-state index in [-0.39, 0.29) is 48.2 Å². The molecule has 148 valence electrons. The number of carbonyl (C=O) groups excluding carboxylic acids is 4. The van der Waals surface area contributed by atoms with Crippen LogP contribution in [0.15, 0.2) is 0 Å². The van der Waals surface area contributed by atoms with E-state index in [1.54, 1.807) is 27.7 Å². The van der Waals surface area contributed by atoms with Crippen LogP contribution in [0.4, 0.5) is 0 Å². The number of rotatable bonds is 8. The van der Waals surface area contributed by atoms with Crippen molar-refractivity contribution in [2.75, 3.05) is 0 Å². The van der Waals surface area contributed by atoms with E-state index in [0.29, 0.717) is 0 Å². The van der Waals surface area contributed by atoms with Crippen molar-refractivity contribution >= 4 is 23.1 Å². The van der Waals surface area contributed by atoms with Crippen LogP contribution in [0.2, 0.25) is 0 Å². The van der Waals surface area contributed by atoms with Crippen molar-refractivity contribution in [2.45, 2.75) is 80.4 Å². The molecule has 0 aromatic rings. The molecule has 2 N–H and O–H groups in total. The van der Waals surface area contributed by atoms with Crippen LogP contribution in [0.5, 0.6) is 0 Å². The van der Waals surface area contributed by atoms with Crippen molar-refractivity contribution in [3.05, 3.63) is 0 Å². The maximum absolute atomic E-state index is 10.0. The Morgan fingerprint density at radius 2 is 0.880 bits per heavy atom. The first-order chi connectivity index (χ1) is 11.1. The third-order valence-corrected chi connectivity index (χ3v) is 4.21. The van der Waals surface area contributed by atoms with Crippen LogP contribution in [0, 0.1) is 0 Å². The van der Waals surface area contributed by atoms with E-state index < -0.39 is 18.1 Å². The summed E-state index contributed by atoms with van der Waals surface area (Å²) >= 11 is -4.31. The summed E-state index contributed by atoms with van der Waals surface area (Å²) in [5, 5.41) is 0. The average Bonchev–Trinajstić information content (AvgIpc) is 2.21. The second-order valence-corrected chi connectivity index (χ2v) is 8.49. The van der Waals surface area contributed by atoms with Gasteiger partial charge in [-0.1, -0.05) is 0 Å². The fourth-order valence-corrected chi connectivity index (χ4v) is 3.35. The molecule has 0 radical (unpaired) electrons. The number of carbonyl (C=O) groups is 4. The molecule has 0 heterocycles. The molecule has 25 heavy (non-hydrogen) atoms. The second kappa shape index (κ2) is 15.5. The van der Waals surface area contributed by atoms with E-state index >= 15 is 0 Å². The van der Waals surface area contributed by atoms with Gasteiger partial charge in [0.15, 0.2) is 0 Å². The summed E-state index contributed by atoms with van der Waals surface area (Å²) in [7, 11) is 0. The van der Waals surface area contributed by atoms with Crippen molar-refractivity contribution in [3.8, 4) is 0 Å². The molecule has 0 aliphatic heterocycles. The van der Waals surface area contributed by atoms with E-state index in [1.165, 1.54) is 27.7 Å². The van der Waals surface area contributed by atoms with Gasteiger partial charge in [-0.05, 0) is 27.7 Å². The van der Waals surface area contributed by atoms with Crippen LogP contribution in [0.25, 0.3) is 0 Å². The minimum absolute atomic E-state index is 0.0625. The Kier molecular flexibility index (Phi) is 18.0. The quantitative estimate of drug-likeness (QED) is 0.466. The fourth-order valence-electron chi connectivity index (χ4n) is 1.34. The molecule has 0 saturated heterocycles. The third kappa shape index (κ3) is 35.3. The van der Waals surface area contributed by atoms with E-state index in [2.05, 4.69) is 0 Å². The van der Waals surface area contributed by atoms with E-state index in [0.717, 1.165) is 0 Å². The van der Waals surface area contributed by atoms with Gasteiger partial charge in [0, 0.05) is 0 Å². The van der Waals surface area contributed by atoms with Crippen molar-refractivity contribution in [2.24, 2.45) is 0 Å². The summed E-state index contributed by atoms with van der Waals surface area (Å²) in [6.07, 6.45) is -0.243. The Morgan fingerprint density at radius 3 is 0.960 bits per heavy atom. The second-order valence-electron chi connectivity index (χ2n) is 6.04. The molecular weight excluding hydrogens is 368 g/mol. The number of Topliss-reactive ketones (excluding diaryl/α,β-unsaturated/α-hetero) is 4. The zero-order chi connectivity index (χ0) is 20.8. The first kappa shape index (κ1) is 29.0. The molecule has 0 aliphatic rings. The van der Waals surface area contributed by atoms with Gasteiger partial charge in [0.25, 0.3) is 0 Å². The van der Waals surface area contributed by atoms with Crippen LogP contribution in [-0.2, 0) is 44.0 Å². The first-order valence-electron chi connectivity index (χ1n) is 7.87. The molecule has 0 aliphatic carbocycles. The van der Waals surface area contributed by atoms with Gasteiger partial charge in [-0.2, -0.15) is 0 Å². The summed E-state index contributed by atoms with van der Waals surface area (Å²) in [6.45, 7) is 12.5. The van der Waals surface area contributed by atoms with E-state index in [9.17, 15) is 19.2 Å². The zero-order valence-electron chi connectivity index (χ0n) is 16.4. The van der Waals surface area contributed by atoms with E-state index in [4.69, 9.17) is 14.0 Å². The molecule has 0 unspecified atom stereocenters. The SMILES string of the molecule is CC(=O)CC(C)=O.CC(=O)CC(C)=O.CC(C)[O][Ti]([OH])([OH])[O]C(C)C. The summed E-state index contributed by atoms with van der Waals surface area (Å²) in [4.78, 5) is 40.1. The molecule has 0 rings (SSSR count). The van der Waals surface area contributed by atoms with Gasteiger partial charge in [0.05, 0.1) is 12.8 Å². The van der Waals surface area contributed by atoms with Gasteiger partial charge in [-0.15, -0.1) is 0 Å². The first-order valence-corrected chi connectivity index (χ1v) is 10.5. The number of hydrogen-bond donors (Lipinski definition) is 2. The van der Waals surface area contributed by atoms with Gasteiger partial charge >= 0.3 is 72.1 Å². The monoisotopic (exact) mass is 400 g/mol. The predicted octanol–water partition coefficient (Wildman–Crippen LogP) is 1.74. The maximum atomic E-state index is 10.0. The Labute approximate surface area is 155 Å². The molecule has 0 aromatic heterocycles. The van der Waals surface area contributed by atoms with Crippen molar-refractivity contribution < 1.29 is 51.3 Å². The number of hydrogen-bond acceptors (Lipinski definition) is 8. The summed E-state index contributed by atoms with van der Waals surface area (Å²) < 4.78 is 28.0. The standard InChI is InChI=1S/2C5H8O2.2C3H7O.2H2O.Ti/c2*1-4(6)3-5(2)7;2*1-3(2)4;;;/h2*3H2,1-2H3;2*3H,1-2H3;2*1H2;/q;;2*-1;;;+4/p-2. The third-order valence-electron chi connectivity index (χ3n) is 1.77. The molecular formula is C16H32O8Ti. The van der Waals surface area contributed by atoms with Crippen molar-refractivity contribution in [1.29, 1.82) is 0 Å². The topological polar surface area (TPSA) is 127 Å². The van der Waals surface area contributed by atoms with Crippen molar-refractivity contribution in [3.63, 3.8) is 0 Å². The Morgan fingerprint density at radius 1 is 0.680 bits per heavy atom. The summed E-state index contributed by atoms with van der Waals surface area (Å²) in [5.74, 6) is -0.250. The normalized spacial score (nSPS) is 10.4. The van der Waals surface area contributed by atoms with Crippen LogP contribution >= 0.6 is 0 Å². The zero-order valence-corrected chi connectivity index (χ0v) is 18.0.